The van der Waals surface area contributed by atoms with Gasteiger partial charge in [-0.05, 0) is 13.8 Å². The predicted octanol–water partition coefficient (Wildman–Crippen LogP) is 0.515. The van der Waals surface area contributed by atoms with Crippen LogP contribution in [0.5, 0.6) is 0 Å². The van der Waals surface area contributed by atoms with Crippen LogP contribution < -0.4 is 0 Å². The molecule has 2 saturated heterocycles. The van der Waals surface area contributed by atoms with Crippen molar-refractivity contribution in [3.63, 3.8) is 0 Å². The van der Waals surface area contributed by atoms with Gasteiger partial charge in [-0.15, -0.1) is 0 Å². The minimum Gasteiger partial charge on any atom is -0.368 e. The first-order valence-electron chi connectivity index (χ1n) is 6.97. The summed E-state index contributed by atoms with van der Waals surface area (Å²) in [6, 6.07) is 0. The summed E-state index contributed by atoms with van der Waals surface area (Å²) in [5.41, 5.74) is 0. The number of ether oxygens (including phenoxy) is 7. The van der Waals surface area contributed by atoms with Crippen molar-refractivity contribution in [1.29, 1.82) is 0 Å². The first kappa shape index (κ1) is 16.1. The fourth-order valence-electron chi connectivity index (χ4n) is 2.07. The predicted molar refractivity (Wildman–Crippen MR) is 68.1 cm³/mol. The van der Waals surface area contributed by atoms with E-state index in [9.17, 15) is 0 Å². The lowest BCUT2D eigenvalue weighted by Gasteiger charge is -2.26. The Bertz CT molecular complexity index is 263. The highest BCUT2D eigenvalue weighted by molar-refractivity contribution is 4.64. The first-order chi connectivity index (χ1) is 9.70. The van der Waals surface area contributed by atoms with E-state index in [2.05, 4.69) is 0 Å². The molecule has 0 bridgehead atoms. The average Bonchev–Trinajstić information content (AvgIpc) is 3.15. The molecule has 7 nitrogen and oxygen atoms in total. The fourth-order valence-corrected chi connectivity index (χ4v) is 2.07. The van der Waals surface area contributed by atoms with Crippen molar-refractivity contribution >= 4 is 0 Å². The normalized spacial score (nSPS) is 25.9. The van der Waals surface area contributed by atoms with E-state index < -0.39 is 6.29 Å². The van der Waals surface area contributed by atoms with Crippen LogP contribution in [-0.2, 0) is 33.2 Å². The number of hydrogen-bond acceptors (Lipinski definition) is 7. The minimum absolute atomic E-state index is 0.173. The Balaban J connectivity index is 1.68. The summed E-state index contributed by atoms with van der Waals surface area (Å²) in [5, 5.41) is 0. The van der Waals surface area contributed by atoms with Gasteiger partial charge in [-0.2, -0.15) is 0 Å². The summed E-state index contributed by atoms with van der Waals surface area (Å²) in [6.45, 7) is 6.48. The van der Waals surface area contributed by atoms with Crippen LogP contribution in [0.1, 0.15) is 13.8 Å². The van der Waals surface area contributed by atoms with Gasteiger partial charge in [0.2, 0.25) is 0 Å². The molecule has 0 aromatic heterocycles. The summed E-state index contributed by atoms with van der Waals surface area (Å²) in [4.78, 5) is 0. The average molecular weight is 292 g/mol. The van der Waals surface area contributed by atoms with E-state index in [0.717, 1.165) is 0 Å². The van der Waals surface area contributed by atoms with Gasteiger partial charge in [-0.1, -0.05) is 0 Å². The summed E-state index contributed by atoms with van der Waals surface area (Å²) >= 11 is 0. The topological polar surface area (TPSA) is 64.6 Å². The van der Waals surface area contributed by atoms with Gasteiger partial charge < -0.3 is 33.2 Å². The standard InChI is InChI=1S/C13H24O7/c1-9(12-15-4-5-16-12)19-8-11(14-3)20-10(2)13-17-6-7-18-13/h9-13H,4-8H2,1-3H3. The van der Waals surface area contributed by atoms with Crippen LogP contribution in [0.15, 0.2) is 0 Å². The van der Waals surface area contributed by atoms with E-state index in [1.54, 1.807) is 7.11 Å². The Morgan fingerprint density at radius 2 is 1.40 bits per heavy atom. The van der Waals surface area contributed by atoms with Crippen molar-refractivity contribution in [2.75, 3.05) is 40.1 Å². The second-order valence-corrected chi connectivity index (χ2v) is 4.76. The molecular formula is C13H24O7. The molecule has 0 spiro atoms. The van der Waals surface area contributed by atoms with E-state index >= 15 is 0 Å². The molecule has 2 heterocycles. The van der Waals surface area contributed by atoms with Gasteiger partial charge in [0.05, 0.1) is 33.0 Å². The quantitative estimate of drug-likeness (QED) is 0.604. The molecule has 0 N–H and O–H groups in total. The van der Waals surface area contributed by atoms with Crippen LogP contribution >= 0.6 is 0 Å². The molecule has 0 saturated carbocycles. The number of rotatable bonds is 8. The molecule has 0 radical (unpaired) electrons. The molecule has 0 aliphatic carbocycles. The van der Waals surface area contributed by atoms with E-state index in [4.69, 9.17) is 33.2 Å². The Hall–Kier alpha value is -0.280. The molecule has 7 heteroatoms. The molecule has 2 aliphatic heterocycles. The fraction of sp³-hybridized carbons (Fsp3) is 1.00. The second kappa shape index (κ2) is 8.23. The summed E-state index contributed by atoms with van der Waals surface area (Å²) in [7, 11) is 1.57. The van der Waals surface area contributed by atoms with Gasteiger partial charge in [-0.25, -0.2) is 0 Å². The zero-order chi connectivity index (χ0) is 14.4. The van der Waals surface area contributed by atoms with Crippen LogP contribution in [0.3, 0.4) is 0 Å². The maximum absolute atomic E-state index is 5.72. The maximum atomic E-state index is 5.72. The first-order valence-corrected chi connectivity index (χ1v) is 6.97. The van der Waals surface area contributed by atoms with Gasteiger partial charge in [-0.3, -0.25) is 0 Å². The zero-order valence-corrected chi connectivity index (χ0v) is 12.3. The largest absolute Gasteiger partial charge is 0.368 e. The lowest BCUT2D eigenvalue weighted by Crippen LogP contribution is -2.36. The summed E-state index contributed by atoms with van der Waals surface area (Å²) in [6.07, 6.45) is -1.53. The van der Waals surface area contributed by atoms with Crippen molar-refractivity contribution in [3.8, 4) is 0 Å². The van der Waals surface area contributed by atoms with E-state index in [1.807, 2.05) is 13.8 Å². The molecule has 2 aliphatic rings. The van der Waals surface area contributed by atoms with Gasteiger partial charge >= 0.3 is 0 Å². The maximum Gasteiger partial charge on any atom is 0.183 e. The third-order valence-electron chi connectivity index (χ3n) is 3.19. The van der Waals surface area contributed by atoms with Crippen LogP contribution in [0, 0.1) is 0 Å². The highest BCUT2D eigenvalue weighted by Gasteiger charge is 2.28. The smallest absolute Gasteiger partial charge is 0.183 e. The van der Waals surface area contributed by atoms with Crippen molar-refractivity contribution in [3.05, 3.63) is 0 Å². The molecule has 0 amide bonds. The van der Waals surface area contributed by atoms with Gasteiger partial charge in [0, 0.05) is 7.11 Å². The minimum atomic E-state index is -0.485. The molecule has 0 aromatic carbocycles. The van der Waals surface area contributed by atoms with E-state index in [0.29, 0.717) is 26.4 Å². The molecule has 3 unspecified atom stereocenters. The van der Waals surface area contributed by atoms with E-state index in [1.165, 1.54) is 0 Å². The van der Waals surface area contributed by atoms with Gasteiger partial charge in [0.1, 0.15) is 12.2 Å². The van der Waals surface area contributed by atoms with Crippen molar-refractivity contribution in [1.82, 2.24) is 0 Å². The van der Waals surface area contributed by atoms with Gasteiger partial charge in [0.25, 0.3) is 0 Å². The Labute approximate surface area is 119 Å². The van der Waals surface area contributed by atoms with Crippen molar-refractivity contribution < 1.29 is 33.2 Å². The van der Waals surface area contributed by atoms with Crippen LogP contribution in [0.25, 0.3) is 0 Å². The molecular weight excluding hydrogens is 268 g/mol. The van der Waals surface area contributed by atoms with Crippen LogP contribution in [0.2, 0.25) is 0 Å². The highest BCUT2D eigenvalue weighted by Crippen LogP contribution is 2.15. The Kier molecular flexibility index (Phi) is 6.63. The molecule has 118 valence electrons. The molecule has 20 heavy (non-hydrogen) atoms. The Morgan fingerprint density at radius 3 is 1.90 bits per heavy atom. The molecule has 0 aromatic rings. The zero-order valence-electron chi connectivity index (χ0n) is 12.3. The summed E-state index contributed by atoms with van der Waals surface area (Å²) in [5.74, 6) is 0. The third kappa shape index (κ3) is 4.63. The van der Waals surface area contributed by atoms with E-state index in [-0.39, 0.29) is 31.4 Å². The lowest BCUT2D eigenvalue weighted by atomic mass is 10.4. The second-order valence-electron chi connectivity index (χ2n) is 4.76. The van der Waals surface area contributed by atoms with Crippen molar-refractivity contribution in [2.45, 2.75) is 44.9 Å². The number of hydrogen-bond donors (Lipinski definition) is 0. The Morgan fingerprint density at radius 1 is 0.900 bits per heavy atom. The number of methoxy groups -OCH3 is 1. The SMILES string of the molecule is COC(COC(C)C1OCCO1)OC(C)C1OCCO1. The molecule has 3 atom stereocenters. The highest BCUT2D eigenvalue weighted by atomic mass is 16.8. The molecule has 2 fully saturated rings. The van der Waals surface area contributed by atoms with Crippen LogP contribution in [-0.4, -0.2) is 71.2 Å². The lowest BCUT2D eigenvalue weighted by molar-refractivity contribution is -0.239. The van der Waals surface area contributed by atoms with Gasteiger partial charge in [0.15, 0.2) is 18.9 Å². The van der Waals surface area contributed by atoms with Crippen LogP contribution in [0.4, 0.5) is 0 Å². The molecule has 2 rings (SSSR count). The third-order valence-corrected chi connectivity index (χ3v) is 3.19. The van der Waals surface area contributed by atoms with Crippen molar-refractivity contribution in [2.24, 2.45) is 0 Å². The monoisotopic (exact) mass is 292 g/mol. The summed E-state index contributed by atoms with van der Waals surface area (Å²) < 4.78 is 38.1.